The van der Waals surface area contributed by atoms with Crippen molar-refractivity contribution in [2.45, 2.75) is 103 Å². The SMILES string of the molecule is CC(C)(C)[C@H](N)c1ncc(C23CCC(c4ccc(-c5cnc(CN)[nH]5)cc4)(CC2)CC3)[nH]1.CC(C)C. The molecule has 36 heavy (non-hydrogen) atoms. The minimum Gasteiger partial charge on any atom is -0.344 e. The number of hydrogen-bond acceptors (Lipinski definition) is 4. The van der Waals surface area contributed by atoms with Crippen LogP contribution in [0.3, 0.4) is 0 Å². The van der Waals surface area contributed by atoms with Gasteiger partial charge in [0.05, 0.1) is 24.5 Å². The lowest BCUT2D eigenvalue weighted by molar-refractivity contribution is 0.0988. The van der Waals surface area contributed by atoms with E-state index in [2.05, 4.69) is 87.0 Å². The first kappa shape index (κ1) is 26.6. The van der Waals surface area contributed by atoms with Crippen LogP contribution < -0.4 is 11.5 Å². The van der Waals surface area contributed by atoms with Crippen molar-refractivity contribution in [3.05, 3.63) is 59.6 Å². The molecule has 6 heteroatoms. The predicted octanol–water partition coefficient (Wildman–Crippen LogP) is 6.51. The van der Waals surface area contributed by atoms with Gasteiger partial charge in [-0.05, 0) is 66.4 Å². The standard InChI is InChI=1S/C26H36N6.C4H10/c1-24(2,3)22(28)23-30-16-20(32-23)26-11-8-25(9-12-26,10-13-26)18-6-4-17(5-7-18)19-15-29-21(14-27)31-19;1-4(2)3/h4-7,15-16,22H,8-14,27-28H2,1-3H3,(H,29,31)(H,30,32);4H,1-3H3/t22-,25?,26?;/m1./s1. The van der Waals surface area contributed by atoms with Crippen LogP contribution in [0.25, 0.3) is 11.3 Å². The molecule has 2 bridgehead atoms. The number of H-pyrrole nitrogens is 2. The number of imidazole rings is 2. The van der Waals surface area contributed by atoms with Crippen molar-refractivity contribution in [3.63, 3.8) is 0 Å². The van der Waals surface area contributed by atoms with Crippen LogP contribution in [0.4, 0.5) is 0 Å². The van der Waals surface area contributed by atoms with Crippen molar-refractivity contribution >= 4 is 0 Å². The summed E-state index contributed by atoms with van der Waals surface area (Å²) < 4.78 is 0. The van der Waals surface area contributed by atoms with Crippen LogP contribution in [0.2, 0.25) is 0 Å². The summed E-state index contributed by atoms with van der Waals surface area (Å²) >= 11 is 0. The van der Waals surface area contributed by atoms with Gasteiger partial charge in [-0.25, -0.2) is 9.97 Å². The van der Waals surface area contributed by atoms with Gasteiger partial charge in [0.25, 0.3) is 0 Å². The molecule has 196 valence electrons. The number of nitrogens with zero attached hydrogens (tertiary/aromatic N) is 2. The molecule has 0 saturated heterocycles. The maximum atomic E-state index is 6.46. The van der Waals surface area contributed by atoms with E-state index >= 15 is 0 Å². The van der Waals surface area contributed by atoms with Gasteiger partial charge in [-0.2, -0.15) is 0 Å². The highest BCUT2D eigenvalue weighted by molar-refractivity contribution is 5.59. The fourth-order valence-corrected chi connectivity index (χ4v) is 5.81. The summed E-state index contributed by atoms with van der Waals surface area (Å²) in [5.41, 5.74) is 17.7. The Morgan fingerprint density at radius 3 is 1.92 bits per heavy atom. The van der Waals surface area contributed by atoms with Crippen LogP contribution in [0.5, 0.6) is 0 Å². The Morgan fingerprint density at radius 1 is 0.861 bits per heavy atom. The third-order valence-electron chi connectivity index (χ3n) is 8.27. The van der Waals surface area contributed by atoms with Crippen molar-refractivity contribution in [1.29, 1.82) is 0 Å². The van der Waals surface area contributed by atoms with E-state index in [9.17, 15) is 0 Å². The number of nitrogens with two attached hydrogens (primary N) is 2. The number of aromatic nitrogens is 4. The molecule has 0 unspecified atom stereocenters. The van der Waals surface area contributed by atoms with Gasteiger partial charge < -0.3 is 21.4 Å². The van der Waals surface area contributed by atoms with Crippen LogP contribution in [0.1, 0.15) is 109 Å². The van der Waals surface area contributed by atoms with Crippen molar-refractivity contribution in [1.82, 2.24) is 19.9 Å². The molecule has 6 rings (SSSR count). The lowest BCUT2D eigenvalue weighted by Crippen LogP contribution is -2.46. The van der Waals surface area contributed by atoms with E-state index in [1.54, 1.807) is 0 Å². The first-order valence-corrected chi connectivity index (χ1v) is 13.6. The number of rotatable bonds is 5. The third-order valence-corrected chi connectivity index (χ3v) is 8.27. The Hall–Kier alpha value is -2.44. The van der Waals surface area contributed by atoms with E-state index in [1.165, 1.54) is 55.3 Å². The van der Waals surface area contributed by atoms with E-state index in [1.807, 2.05) is 6.20 Å². The van der Waals surface area contributed by atoms with E-state index in [-0.39, 0.29) is 16.9 Å². The van der Waals surface area contributed by atoms with Gasteiger partial charge >= 0.3 is 0 Å². The summed E-state index contributed by atoms with van der Waals surface area (Å²) in [6.45, 7) is 13.4. The molecule has 3 aliphatic rings. The maximum Gasteiger partial charge on any atom is 0.123 e. The lowest BCUT2D eigenvalue weighted by Gasteiger charge is -2.53. The number of aromatic amines is 2. The predicted molar refractivity (Wildman–Crippen MR) is 148 cm³/mol. The summed E-state index contributed by atoms with van der Waals surface area (Å²) in [7, 11) is 0. The molecular formula is C30H46N6. The topological polar surface area (TPSA) is 109 Å². The third kappa shape index (κ3) is 5.30. The lowest BCUT2D eigenvalue weighted by atomic mass is 9.51. The van der Waals surface area contributed by atoms with Gasteiger partial charge in [-0.3, -0.25) is 0 Å². The summed E-state index contributed by atoms with van der Waals surface area (Å²) in [6.07, 6.45) is 11.3. The summed E-state index contributed by atoms with van der Waals surface area (Å²) in [6, 6.07) is 9.03. The van der Waals surface area contributed by atoms with Crippen LogP contribution >= 0.6 is 0 Å². The van der Waals surface area contributed by atoms with E-state index in [0.717, 1.165) is 23.3 Å². The molecule has 0 spiro atoms. The van der Waals surface area contributed by atoms with Gasteiger partial charge in [-0.15, -0.1) is 0 Å². The maximum absolute atomic E-state index is 6.46. The molecule has 3 aliphatic carbocycles. The summed E-state index contributed by atoms with van der Waals surface area (Å²) in [5, 5.41) is 0. The highest BCUT2D eigenvalue weighted by atomic mass is 15.0. The van der Waals surface area contributed by atoms with E-state index < -0.39 is 0 Å². The molecule has 2 heterocycles. The molecule has 6 nitrogen and oxygen atoms in total. The van der Waals surface area contributed by atoms with E-state index in [4.69, 9.17) is 16.5 Å². The van der Waals surface area contributed by atoms with Crippen LogP contribution in [-0.2, 0) is 17.4 Å². The largest absolute Gasteiger partial charge is 0.344 e. The van der Waals surface area contributed by atoms with Gasteiger partial charge in [0.2, 0.25) is 0 Å². The molecule has 3 aromatic rings. The Balaban J connectivity index is 0.000000709. The molecule has 6 N–H and O–H groups in total. The Labute approximate surface area is 217 Å². The van der Waals surface area contributed by atoms with Gasteiger partial charge in [-0.1, -0.05) is 65.8 Å². The van der Waals surface area contributed by atoms with Crippen LogP contribution in [0.15, 0.2) is 36.7 Å². The first-order valence-electron chi connectivity index (χ1n) is 13.6. The number of nitrogens with one attached hydrogen (secondary N) is 2. The van der Waals surface area contributed by atoms with E-state index in [0.29, 0.717) is 12.0 Å². The molecule has 3 saturated carbocycles. The minimum atomic E-state index is -0.0757. The van der Waals surface area contributed by atoms with Crippen molar-refractivity contribution in [2.24, 2.45) is 22.8 Å². The summed E-state index contributed by atoms with van der Waals surface area (Å²) in [4.78, 5) is 16.0. The second-order valence-electron chi connectivity index (χ2n) is 12.8. The zero-order valence-electron chi connectivity index (χ0n) is 23.1. The monoisotopic (exact) mass is 490 g/mol. The molecule has 2 aromatic heterocycles. The second-order valence-corrected chi connectivity index (χ2v) is 12.8. The molecule has 0 radical (unpaired) electrons. The molecule has 0 amide bonds. The zero-order chi connectivity index (χ0) is 26.1. The Morgan fingerprint density at radius 2 is 1.42 bits per heavy atom. The molecule has 3 fully saturated rings. The first-order chi connectivity index (χ1) is 17.0. The smallest absolute Gasteiger partial charge is 0.123 e. The normalized spacial score (nSPS) is 24.5. The van der Waals surface area contributed by atoms with Crippen molar-refractivity contribution < 1.29 is 0 Å². The number of fused-ring (bicyclic) bond motifs is 3. The average Bonchev–Trinajstić information content (AvgIpc) is 3.54. The van der Waals surface area contributed by atoms with Gasteiger partial charge in [0, 0.05) is 17.3 Å². The van der Waals surface area contributed by atoms with Crippen LogP contribution in [0, 0.1) is 11.3 Å². The highest BCUT2D eigenvalue weighted by Crippen LogP contribution is 2.58. The molecule has 1 aromatic carbocycles. The fourth-order valence-electron chi connectivity index (χ4n) is 5.81. The number of hydrogen-bond donors (Lipinski definition) is 4. The zero-order valence-corrected chi connectivity index (χ0v) is 23.1. The Bertz CT molecular complexity index is 1100. The molecule has 1 atom stereocenters. The van der Waals surface area contributed by atoms with Gasteiger partial charge in [0.15, 0.2) is 0 Å². The van der Waals surface area contributed by atoms with Crippen molar-refractivity contribution in [3.8, 4) is 11.3 Å². The molecular weight excluding hydrogens is 444 g/mol. The minimum absolute atomic E-state index is 0.00465. The highest BCUT2D eigenvalue weighted by Gasteiger charge is 2.50. The quantitative estimate of drug-likeness (QED) is 0.327. The number of benzene rings is 1. The van der Waals surface area contributed by atoms with Crippen LogP contribution in [-0.4, -0.2) is 19.9 Å². The Kier molecular flexibility index (Phi) is 7.50. The van der Waals surface area contributed by atoms with Gasteiger partial charge in [0.1, 0.15) is 11.6 Å². The fraction of sp³-hybridized carbons (Fsp3) is 0.600. The molecule has 0 aliphatic heterocycles. The second kappa shape index (κ2) is 10.1. The summed E-state index contributed by atoms with van der Waals surface area (Å²) in [5.74, 6) is 2.58. The average molecular weight is 491 g/mol. The van der Waals surface area contributed by atoms with Crippen molar-refractivity contribution in [2.75, 3.05) is 0 Å².